The Bertz CT molecular complexity index is 733. The fourth-order valence-electron chi connectivity index (χ4n) is 2.12. The standard InChI is InChI=1S/C17H16N4O/c1-20(2)14-10-8-13(9-11-14)19-16-12-18-21(17(16)22)15-6-4-3-5-7-15/h3-12H,1-2H3. The smallest absolute Gasteiger partial charge is 0.298 e. The molecule has 0 spiro atoms. The lowest BCUT2D eigenvalue weighted by Crippen LogP contribution is -2.25. The maximum absolute atomic E-state index is 12.3. The summed E-state index contributed by atoms with van der Waals surface area (Å²) in [6.07, 6.45) is 1.50. The van der Waals surface area contributed by atoms with Gasteiger partial charge in [-0.2, -0.15) is 10.1 Å². The van der Waals surface area contributed by atoms with Gasteiger partial charge in [0.15, 0.2) is 5.71 Å². The number of para-hydroxylation sites is 1. The highest BCUT2D eigenvalue weighted by Gasteiger charge is 2.25. The molecule has 1 heterocycles. The summed E-state index contributed by atoms with van der Waals surface area (Å²) in [6, 6.07) is 17.0. The number of rotatable bonds is 3. The van der Waals surface area contributed by atoms with Gasteiger partial charge >= 0.3 is 0 Å². The zero-order chi connectivity index (χ0) is 15.5. The fraction of sp³-hybridized carbons (Fsp3) is 0.118. The Kier molecular flexibility index (Phi) is 3.70. The largest absolute Gasteiger partial charge is 0.378 e. The zero-order valence-corrected chi connectivity index (χ0v) is 12.5. The lowest BCUT2D eigenvalue weighted by molar-refractivity contribution is -0.112. The van der Waals surface area contributed by atoms with E-state index in [0.717, 1.165) is 17.1 Å². The molecule has 0 unspecified atom stereocenters. The molecule has 5 nitrogen and oxygen atoms in total. The minimum absolute atomic E-state index is 0.220. The number of nitrogens with zero attached hydrogens (tertiary/aromatic N) is 4. The summed E-state index contributed by atoms with van der Waals surface area (Å²) in [5.74, 6) is -0.220. The van der Waals surface area contributed by atoms with Crippen LogP contribution >= 0.6 is 0 Å². The Labute approximate surface area is 129 Å². The van der Waals surface area contributed by atoms with E-state index >= 15 is 0 Å². The van der Waals surface area contributed by atoms with Gasteiger partial charge < -0.3 is 4.90 Å². The maximum Gasteiger partial charge on any atom is 0.298 e. The van der Waals surface area contributed by atoms with Gasteiger partial charge in [-0.3, -0.25) is 4.79 Å². The second-order valence-electron chi connectivity index (χ2n) is 5.10. The molecular weight excluding hydrogens is 276 g/mol. The molecule has 0 saturated heterocycles. The van der Waals surface area contributed by atoms with Crippen molar-refractivity contribution in [1.82, 2.24) is 0 Å². The van der Waals surface area contributed by atoms with Crippen LogP contribution in [0.1, 0.15) is 0 Å². The van der Waals surface area contributed by atoms with E-state index in [4.69, 9.17) is 0 Å². The lowest BCUT2D eigenvalue weighted by atomic mass is 10.2. The van der Waals surface area contributed by atoms with Crippen LogP contribution in [0.2, 0.25) is 0 Å². The molecule has 2 aromatic rings. The molecule has 5 heteroatoms. The maximum atomic E-state index is 12.3. The second kappa shape index (κ2) is 5.81. The van der Waals surface area contributed by atoms with Crippen LogP contribution in [-0.4, -0.2) is 31.9 Å². The number of aliphatic imine (C=N–C) groups is 1. The molecule has 1 aliphatic heterocycles. The van der Waals surface area contributed by atoms with Crippen LogP contribution in [-0.2, 0) is 4.79 Å². The summed E-state index contributed by atoms with van der Waals surface area (Å²) in [5.41, 5.74) is 2.88. The third kappa shape index (κ3) is 2.74. The number of benzene rings is 2. The highest BCUT2D eigenvalue weighted by atomic mass is 16.2. The number of anilines is 2. The normalized spacial score (nSPS) is 15.6. The summed E-state index contributed by atoms with van der Waals surface area (Å²) in [4.78, 5) is 18.7. The Hall–Kier alpha value is -2.95. The van der Waals surface area contributed by atoms with Crippen LogP contribution in [0.4, 0.5) is 17.1 Å². The van der Waals surface area contributed by atoms with Crippen LogP contribution in [0.25, 0.3) is 0 Å². The molecular formula is C17H16N4O. The first-order chi connectivity index (χ1) is 10.6. The highest BCUT2D eigenvalue weighted by molar-refractivity contribution is 6.66. The molecule has 0 bridgehead atoms. The van der Waals surface area contributed by atoms with E-state index in [1.165, 1.54) is 11.2 Å². The average molecular weight is 292 g/mol. The van der Waals surface area contributed by atoms with Crippen LogP contribution in [0, 0.1) is 0 Å². The topological polar surface area (TPSA) is 48.3 Å². The molecule has 1 amide bonds. The van der Waals surface area contributed by atoms with Gasteiger partial charge in [-0.25, -0.2) is 4.99 Å². The first-order valence-corrected chi connectivity index (χ1v) is 6.95. The number of hydrogen-bond donors (Lipinski definition) is 0. The first-order valence-electron chi connectivity index (χ1n) is 6.95. The molecule has 0 fully saturated rings. The van der Waals surface area contributed by atoms with E-state index in [9.17, 15) is 4.79 Å². The van der Waals surface area contributed by atoms with Crippen LogP contribution in [0.15, 0.2) is 64.7 Å². The van der Waals surface area contributed by atoms with Crippen molar-refractivity contribution in [3.63, 3.8) is 0 Å². The summed E-state index contributed by atoms with van der Waals surface area (Å²) >= 11 is 0. The monoisotopic (exact) mass is 292 g/mol. The summed E-state index contributed by atoms with van der Waals surface area (Å²) in [5, 5.41) is 5.48. The van der Waals surface area contributed by atoms with Crippen molar-refractivity contribution in [2.24, 2.45) is 10.1 Å². The fourth-order valence-corrected chi connectivity index (χ4v) is 2.12. The summed E-state index contributed by atoms with van der Waals surface area (Å²) < 4.78 is 0. The Balaban J connectivity index is 1.82. The van der Waals surface area contributed by atoms with Crippen molar-refractivity contribution in [3.05, 3.63) is 54.6 Å². The quantitative estimate of drug-likeness (QED) is 0.873. The minimum Gasteiger partial charge on any atom is -0.378 e. The van der Waals surface area contributed by atoms with Crippen molar-refractivity contribution in [2.45, 2.75) is 0 Å². The predicted molar refractivity (Wildman–Crippen MR) is 90.3 cm³/mol. The van der Waals surface area contributed by atoms with Gasteiger partial charge in [0, 0.05) is 19.8 Å². The number of carbonyl (C=O) groups excluding carboxylic acids is 1. The van der Waals surface area contributed by atoms with Gasteiger partial charge in [0.2, 0.25) is 0 Å². The van der Waals surface area contributed by atoms with E-state index in [0.29, 0.717) is 5.71 Å². The lowest BCUT2D eigenvalue weighted by Gasteiger charge is -2.12. The van der Waals surface area contributed by atoms with Gasteiger partial charge in [0.1, 0.15) is 0 Å². The van der Waals surface area contributed by atoms with Crippen LogP contribution < -0.4 is 9.91 Å². The SMILES string of the molecule is CN(C)c1ccc(N=C2C=NN(c3ccccc3)C2=O)cc1. The van der Waals surface area contributed by atoms with Gasteiger partial charge in [-0.05, 0) is 36.4 Å². The molecule has 0 atom stereocenters. The molecule has 0 aliphatic carbocycles. The Morgan fingerprint density at radius 3 is 2.32 bits per heavy atom. The van der Waals surface area contributed by atoms with Crippen molar-refractivity contribution < 1.29 is 4.79 Å². The van der Waals surface area contributed by atoms with E-state index in [1.807, 2.05) is 73.6 Å². The molecule has 110 valence electrons. The average Bonchev–Trinajstić information content (AvgIpc) is 2.90. The Morgan fingerprint density at radius 1 is 1.00 bits per heavy atom. The first kappa shape index (κ1) is 14.0. The van der Waals surface area contributed by atoms with Gasteiger partial charge in [-0.1, -0.05) is 18.2 Å². The van der Waals surface area contributed by atoms with Crippen molar-refractivity contribution in [1.29, 1.82) is 0 Å². The second-order valence-corrected chi connectivity index (χ2v) is 5.10. The zero-order valence-electron chi connectivity index (χ0n) is 12.5. The van der Waals surface area contributed by atoms with E-state index in [-0.39, 0.29) is 5.91 Å². The summed E-state index contributed by atoms with van der Waals surface area (Å²) in [6.45, 7) is 0. The number of amides is 1. The summed E-state index contributed by atoms with van der Waals surface area (Å²) in [7, 11) is 3.96. The minimum atomic E-state index is -0.220. The van der Waals surface area contributed by atoms with Crippen molar-refractivity contribution in [3.8, 4) is 0 Å². The van der Waals surface area contributed by atoms with E-state index in [1.54, 1.807) is 0 Å². The number of hydrazone groups is 1. The molecule has 2 aromatic carbocycles. The Morgan fingerprint density at radius 2 is 1.68 bits per heavy atom. The number of carbonyl (C=O) groups is 1. The van der Waals surface area contributed by atoms with Crippen molar-refractivity contribution >= 4 is 34.9 Å². The molecule has 3 rings (SSSR count). The third-order valence-electron chi connectivity index (χ3n) is 3.32. The van der Waals surface area contributed by atoms with Gasteiger partial charge in [0.25, 0.3) is 5.91 Å². The molecule has 0 aromatic heterocycles. The number of hydrogen-bond acceptors (Lipinski definition) is 4. The van der Waals surface area contributed by atoms with Gasteiger partial charge in [-0.15, -0.1) is 0 Å². The molecule has 0 saturated carbocycles. The highest BCUT2D eigenvalue weighted by Crippen LogP contribution is 2.21. The van der Waals surface area contributed by atoms with Crippen LogP contribution in [0.5, 0.6) is 0 Å². The molecule has 0 N–H and O–H groups in total. The molecule has 0 radical (unpaired) electrons. The van der Waals surface area contributed by atoms with Crippen molar-refractivity contribution in [2.75, 3.05) is 24.0 Å². The van der Waals surface area contributed by atoms with Crippen LogP contribution in [0.3, 0.4) is 0 Å². The predicted octanol–water partition coefficient (Wildman–Crippen LogP) is 2.86. The molecule has 22 heavy (non-hydrogen) atoms. The third-order valence-corrected chi connectivity index (χ3v) is 3.32. The van der Waals surface area contributed by atoms with E-state index in [2.05, 4.69) is 10.1 Å². The molecule has 1 aliphatic rings. The van der Waals surface area contributed by atoms with E-state index < -0.39 is 0 Å². The van der Waals surface area contributed by atoms with Gasteiger partial charge in [0.05, 0.1) is 17.6 Å².